The molecule has 0 saturated carbocycles. The predicted molar refractivity (Wildman–Crippen MR) is 212 cm³/mol. The van der Waals surface area contributed by atoms with E-state index in [2.05, 4.69) is 129 Å². The number of morpholine rings is 1. The maximum atomic E-state index is 9.84. The molecule has 0 N–H and O–H groups in total. The Kier molecular flexibility index (Phi) is 8.71. The Morgan fingerprint density at radius 2 is 1.54 bits per heavy atom. The Bertz CT molecular complexity index is 2200. The first-order valence-electron chi connectivity index (χ1n) is 18.7. The molecule has 2 aliphatic heterocycles. The summed E-state index contributed by atoms with van der Waals surface area (Å²) in [6.45, 7) is 14.3. The van der Waals surface area contributed by atoms with Crippen LogP contribution in [0.1, 0.15) is 73.9 Å². The van der Waals surface area contributed by atoms with Crippen LogP contribution < -0.4 is 19.3 Å². The average Bonchev–Trinajstić information content (AvgIpc) is 3.43. The third-order valence-corrected chi connectivity index (χ3v) is 11.3. The zero-order chi connectivity index (χ0) is 36.0. The van der Waals surface area contributed by atoms with Gasteiger partial charge in [-0.15, -0.1) is 0 Å². The summed E-state index contributed by atoms with van der Waals surface area (Å²) in [7, 11) is 1.71. The molecule has 5 aromatic rings. The molecule has 0 bridgehead atoms. The van der Waals surface area contributed by atoms with Crippen LogP contribution in [0.3, 0.4) is 0 Å². The first-order chi connectivity index (χ1) is 25.3. The first kappa shape index (κ1) is 33.9. The van der Waals surface area contributed by atoms with Crippen molar-refractivity contribution in [2.24, 2.45) is 0 Å². The van der Waals surface area contributed by atoms with E-state index in [9.17, 15) is 5.26 Å². The molecule has 8 rings (SSSR count). The minimum Gasteiger partial charge on any atom is -0.497 e. The summed E-state index contributed by atoms with van der Waals surface area (Å²) in [4.78, 5) is 4.86. The SMILES string of the molecule is CCCN(CCC)c1ccc(C2(c3ccc(N4CCOCC4)cc3)C=Cc3c4c(c5ccc(OC)cc5c3O2)-c2ccc(C#N)cc2C4(C)C)cc1. The van der Waals surface area contributed by atoms with E-state index in [1.54, 1.807) is 7.11 Å². The van der Waals surface area contributed by atoms with E-state index in [4.69, 9.17) is 14.2 Å². The van der Waals surface area contributed by atoms with Crippen molar-refractivity contribution in [2.45, 2.75) is 51.6 Å². The van der Waals surface area contributed by atoms with Crippen molar-refractivity contribution >= 4 is 28.2 Å². The molecule has 0 spiro atoms. The number of benzene rings is 5. The van der Waals surface area contributed by atoms with Crippen LogP contribution in [0.15, 0.2) is 91.0 Å². The van der Waals surface area contributed by atoms with Gasteiger partial charge < -0.3 is 24.0 Å². The number of fused-ring (bicyclic) bond motifs is 8. The van der Waals surface area contributed by atoms with Crippen LogP contribution in [-0.2, 0) is 15.8 Å². The molecule has 264 valence electrons. The molecule has 0 radical (unpaired) electrons. The molecule has 0 amide bonds. The van der Waals surface area contributed by atoms with Gasteiger partial charge in [-0.1, -0.05) is 64.1 Å². The number of methoxy groups -OCH3 is 1. The Morgan fingerprint density at radius 1 is 0.846 bits per heavy atom. The van der Waals surface area contributed by atoms with Crippen LogP contribution in [0.2, 0.25) is 0 Å². The van der Waals surface area contributed by atoms with Crippen LogP contribution >= 0.6 is 0 Å². The van der Waals surface area contributed by atoms with Gasteiger partial charge in [0.05, 0.1) is 32.0 Å². The zero-order valence-electron chi connectivity index (χ0n) is 31.0. The topological polar surface area (TPSA) is 58.0 Å². The Labute approximate surface area is 307 Å². The fourth-order valence-electron chi connectivity index (χ4n) is 8.71. The maximum absolute atomic E-state index is 9.84. The molecule has 0 aromatic heterocycles. The fraction of sp³-hybridized carbons (Fsp3) is 0.326. The first-order valence-corrected chi connectivity index (χ1v) is 18.7. The van der Waals surface area contributed by atoms with Crippen LogP contribution in [0, 0.1) is 11.3 Å². The maximum Gasteiger partial charge on any atom is 0.178 e. The van der Waals surface area contributed by atoms with Gasteiger partial charge in [-0.2, -0.15) is 5.26 Å². The lowest BCUT2D eigenvalue weighted by molar-refractivity contribution is 0.122. The van der Waals surface area contributed by atoms with Gasteiger partial charge >= 0.3 is 0 Å². The van der Waals surface area contributed by atoms with E-state index in [-0.39, 0.29) is 5.41 Å². The summed E-state index contributed by atoms with van der Waals surface area (Å²) in [5, 5.41) is 12.0. The molecule has 5 aromatic carbocycles. The van der Waals surface area contributed by atoms with E-state index in [1.807, 2.05) is 12.1 Å². The van der Waals surface area contributed by atoms with Gasteiger partial charge in [-0.3, -0.25) is 0 Å². The van der Waals surface area contributed by atoms with Crippen molar-refractivity contribution in [2.75, 3.05) is 56.3 Å². The summed E-state index contributed by atoms with van der Waals surface area (Å²) in [6, 6.07) is 32.7. The van der Waals surface area contributed by atoms with Gasteiger partial charge in [-0.25, -0.2) is 0 Å². The number of rotatable bonds is 9. The molecule has 3 aliphatic rings. The smallest absolute Gasteiger partial charge is 0.178 e. The van der Waals surface area contributed by atoms with Crippen molar-refractivity contribution in [3.63, 3.8) is 0 Å². The second kappa shape index (κ2) is 13.4. The number of nitriles is 1. The normalized spacial score (nSPS) is 18.3. The standard InChI is InChI=1S/C46H47N3O3/c1-6-22-48(23-7-2)34-13-9-32(10-14-34)46(33-11-15-35(16-12-33)49-24-26-51-27-25-49)21-20-39-43-42(37-19-17-36(50-5)29-40(37)44(39)52-46)38-18-8-31(30-47)28-41(38)45(43,3)4/h8-21,28-29H,6-7,22-27H2,1-5H3. The number of hydrogen-bond donors (Lipinski definition) is 0. The Balaban J connectivity index is 1.34. The lowest BCUT2D eigenvalue weighted by Gasteiger charge is -2.39. The van der Waals surface area contributed by atoms with E-state index in [0.717, 1.165) is 96.8 Å². The molecule has 1 aliphatic carbocycles. The van der Waals surface area contributed by atoms with E-state index >= 15 is 0 Å². The van der Waals surface area contributed by atoms with Crippen LogP contribution in [-0.4, -0.2) is 46.5 Å². The van der Waals surface area contributed by atoms with Gasteiger partial charge in [0.1, 0.15) is 11.5 Å². The average molecular weight is 690 g/mol. The van der Waals surface area contributed by atoms with E-state index in [0.29, 0.717) is 5.56 Å². The zero-order valence-corrected chi connectivity index (χ0v) is 31.0. The molecule has 6 heteroatoms. The summed E-state index contributed by atoms with van der Waals surface area (Å²) in [6.07, 6.45) is 6.75. The molecule has 2 heterocycles. The van der Waals surface area contributed by atoms with Crippen molar-refractivity contribution in [1.29, 1.82) is 5.26 Å². The van der Waals surface area contributed by atoms with Gasteiger partial charge in [0.15, 0.2) is 5.60 Å². The quantitative estimate of drug-likeness (QED) is 0.154. The molecule has 1 unspecified atom stereocenters. The fourth-order valence-corrected chi connectivity index (χ4v) is 8.71. The van der Waals surface area contributed by atoms with Gasteiger partial charge in [-0.05, 0) is 101 Å². The van der Waals surface area contributed by atoms with Crippen molar-refractivity contribution in [1.82, 2.24) is 0 Å². The molecular formula is C46H47N3O3. The third-order valence-electron chi connectivity index (χ3n) is 11.3. The van der Waals surface area contributed by atoms with Crippen molar-refractivity contribution < 1.29 is 14.2 Å². The van der Waals surface area contributed by atoms with Crippen LogP contribution in [0.4, 0.5) is 11.4 Å². The number of nitrogens with zero attached hydrogens (tertiary/aromatic N) is 3. The monoisotopic (exact) mass is 689 g/mol. The van der Waals surface area contributed by atoms with Crippen LogP contribution in [0.25, 0.3) is 28.0 Å². The Morgan fingerprint density at radius 3 is 2.19 bits per heavy atom. The lowest BCUT2D eigenvalue weighted by atomic mass is 9.76. The second-order valence-electron chi connectivity index (χ2n) is 14.8. The highest BCUT2D eigenvalue weighted by Crippen LogP contribution is 2.58. The van der Waals surface area contributed by atoms with Gasteiger partial charge in [0, 0.05) is 65.0 Å². The molecule has 6 nitrogen and oxygen atoms in total. The highest BCUT2D eigenvalue weighted by molar-refractivity contribution is 6.09. The van der Waals surface area contributed by atoms with Crippen LogP contribution in [0.5, 0.6) is 11.5 Å². The second-order valence-corrected chi connectivity index (χ2v) is 14.8. The molecule has 1 atom stereocenters. The summed E-state index contributed by atoms with van der Waals surface area (Å²) < 4.78 is 19.1. The highest BCUT2D eigenvalue weighted by Gasteiger charge is 2.44. The molecule has 52 heavy (non-hydrogen) atoms. The highest BCUT2D eigenvalue weighted by atomic mass is 16.5. The summed E-state index contributed by atoms with van der Waals surface area (Å²) >= 11 is 0. The summed E-state index contributed by atoms with van der Waals surface area (Å²) in [5.41, 5.74) is 9.82. The number of ether oxygens (including phenoxy) is 3. The third kappa shape index (κ3) is 5.42. The number of anilines is 2. The molecule has 1 fully saturated rings. The van der Waals surface area contributed by atoms with Crippen molar-refractivity contribution in [3.05, 3.63) is 124 Å². The summed E-state index contributed by atoms with van der Waals surface area (Å²) in [5.74, 6) is 1.62. The molecule has 1 saturated heterocycles. The minimum absolute atomic E-state index is 0.354. The Hall–Kier alpha value is -5.25. The van der Waals surface area contributed by atoms with Crippen molar-refractivity contribution in [3.8, 4) is 28.7 Å². The van der Waals surface area contributed by atoms with E-state index < -0.39 is 5.60 Å². The largest absolute Gasteiger partial charge is 0.497 e. The number of hydrogen-bond acceptors (Lipinski definition) is 6. The predicted octanol–water partition coefficient (Wildman–Crippen LogP) is 9.84. The molecular weight excluding hydrogens is 643 g/mol. The lowest BCUT2D eigenvalue weighted by Crippen LogP contribution is -2.37. The van der Waals surface area contributed by atoms with E-state index in [1.165, 1.54) is 28.1 Å². The minimum atomic E-state index is -0.886. The van der Waals surface area contributed by atoms with Gasteiger partial charge in [0.2, 0.25) is 0 Å². The van der Waals surface area contributed by atoms with Gasteiger partial charge in [0.25, 0.3) is 0 Å².